The minimum absolute atomic E-state index is 1.11. The first-order valence-corrected chi connectivity index (χ1v) is 6.79. The van der Waals surface area contributed by atoms with Crippen LogP contribution in [0, 0.1) is 13.8 Å². The second-order valence-electron chi connectivity index (χ2n) is 4.68. The minimum Gasteiger partial charge on any atom is -0.354 e. The minimum atomic E-state index is 1.11. The molecule has 0 unspecified atom stereocenters. The summed E-state index contributed by atoms with van der Waals surface area (Å²) in [6, 6.07) is 15.0. The molecule has 0 saturated carbocycles. The standard InChI is InChI=1S/C16H14BrN/c1-10-3-8-15-14(9-10)11(2)16(18-15)12-4-6-13(17)7-5-12/h3-9,18H,1-2H3. The second-order valence-corrected chi connectivity index (χ2v) is 5.60. The van der Waals surface area contributed by atoms with Gasteiger partial charge in [-0.3, -0.25) is 0 Å². The Morgan fingerprint density at radius 2 is 1.67 bits per heavy atom. The van der Waals surface area contributed by atoms with Crippen molar-refractivity contribution in [2.24, 2.45) is 0 Å². The van der Waals surface area contributed by atoms with E-state index in [1.54, 1.807) is 0 Å². The van der Waals surface area contributed by atoms with Gasteiger partial charge in [-0.1, -0.05) is 39.7 Å². The van der Waals surface area contributed by atoms with Gasteiger partial charge in [0, 0.05) is 21.1 Å². The predicted octanol–water partition coefficient (Wildman–Crippen LogP) is 5.21. The highest BCUT2D eigenvalue weighted by atomic mass is 79.9. The molecule has 18 heavy (non-hydrogen) atoms. The third-order valence-corrected chi connectivity index (χ3v) is 3.88. The number of hydrogen-bond acceptors (Lipinski definition) is 0. The Morgan fingerprint density at radius 3 is 2.39 bits per heavy atom. The van der Waals surface area contributed by atoms with Gasteiger partial charge < -0.3 is 4.98 Å². The largest absolute Gasteiger partial charge is 0.354 e. The average Bonchev–Trinajstić information content (AvgIpc) is 2.68. The summed E-state index contributed by atoms with van der Waals surface area (Å²) in [7, 11) is 0. The Balaban J connectivity index is 2.23. The van der Waals surface area contributed by atoms with Crippen LogP contribution in [-0.2, 0) is 0 Å². The molecule has 0 bridgehead atoms. The predicted molar refractivity (Wildman–Crippen MR) is 80.9 cm³/mol. The molecule has 1 heterocycles. The lowest BCUT2D eigenvalue weighted by molar-refractivity contribution is 1.40. The van der Waals surface area contributed by atoms with Crippen molar-refractivity contribution < 1.29 is 0 Å². The third-order valence-electron chi connectivity index (χ3n) is 3.35. The molecule has 2 aromatic carbocycles. The van der Waals surface area contributed by atoms with Gasteiger partial charge in [0.1, 0.15) is 0 Å². The highest BCUT2D eigenvalue weighted by Crippen LogP contribution is 2.30. The van der Waals surface area contributed by atoms with Crippen LogP contribution in [0.2, 0.25) is 0 Å². The molecule has 0 atom stereocenters. The molecule has 0 amide bonds. The average molecular weight is 300 g/mol. The maximum atomic E-state index is 3.51. The van der Waals surface area contributed by atoms with Gasteiger partial charge in [-0.25, -0.2) is 0 Å². The lowest BCUT2D eigenvalue weighted by Gasteiger charge is -2.00. The van der Waals surface area contributed by atoms with Crippen LogP contribution in [0.1, 0.15) is 11.1 Å². The quantitative estimate of drug-likeness (QED) is 0.634. The zero-order valence-electron chi connectivity index (χ0n) is 10.4. The van der Waals surface area contributed by atoms with Crippen LogP contribution in [0.5, 0.6) is 0 Å². The highest BCUT2D eigenvalue weighted by molar-refractivity contribution is 9.10. The second kappa shape index (κ2) is 4.29. The molecule has 1 aromatic heterocycles. The van der Waals surface area contributed by atoms with Crippen molar-refractivity contribution in [3.05, 3.63) is 58.1 Å². The first-order chi connectivity index (χ1) is 8.65. The van der Waals surface area contributed by atoms with Crippen molar-refractivity contribution in [1.29, 1.82) is 0 Å². The Kier molecular flexibility index (Phi) is 2.75. The lowest BCUT2D eigenvalue weighted by atomic mass is 10.1. The number of rotatable bonds is 1. The van der Waals surface area contributed by atoms with Gasteiger partial charge in [0.25, 0.3) is 0 Å². The molecule has 0 aliphatic rings. The fourth-order valence-corrected chi connectivity index (χ4v) is 2.61. The number of benzene rings is 2. The SMILES string of the molecule is Cc1ccc2[nH]c(-c3ccc(Br)cc3)c(C)c2c1. The van der Waals surface area contributed by atoms with E-state index in [9.17, 15) is 0 Å². The van der Waals surface area contributed by atoms with E-state index in [0.717, 1.165) is 4.47 Å². The van der Waals surface area contributed by atoms with Crippen molar-refractivity contribution in [3.8, 4) is 11.3 Å². The zero-order chi connectivity index (χ0) is 12.7. The van der Waals surface area contributed by atoms with E-state index >= 15 is 0 Å². The summed E-state index contributed by atoms with van der Waals surface area (Å²) in [5, 5.41) is 1.31. The van der Waals surface area contributed by atoms with E-state index in [2.05, 4.69) is 77.2 Å². The van der Waals surface area contributed by atoms with Gasteiger partial charge in [0.05, 0.1) is 0 Å². The third kappa shape index (κ3) is 1.87. The van der Waals surface area contributed by atoms with E-state index in [0.29, 0.717) is 0 Å². The summed E-state index contributed by atoms with van der Waals surface area (Å²) < 4.78 is 1.11. The van der Waals surface area contributed by atoms with E-state index in [1.807, 2.05) is 0 Å². The fraction of sp³-hybridized carbons (Fsp3) is 0.125. The molecule has 3 rings (SSSR count). The van der Waals surface area contributed by atoms with Gasteiger partial charge in [0.2, 0.25) is 0 Å². The molecule has 0 aliphatic heterocycles. The van der Waals surface area contributed by atoms with Crippen molar-refractivity contribution in [2.45, 2.75) is 13.8 Å². The van der Waals surface area contributed by atoms with E-state index < -0.39 is 0 Å². The summed E-state index contributed by atoms with van der Waals surface area (Å²) in [4.78, 5) is 3.51. The Bertz CT molecular complexity index is 708. The molecule has 0 aliphatic carbocycles. The van der Waals surface area contributed by atoms with E-state index in [1.165, 1.54) is 33.3 Å². The topological polar surface area (TPSA) is 15.8 Å². The van der Waals surface area contributed by atoms with Crippen LogP contribution in [0.3, 0.4) is 0 Å². The van der Waals surface area contributed by atoms with Gasteiger partial charge in [0.15, 0.2) is 0 Å². The maximum absolute atomic E-state index is 3.51. The molecule has 1 nitrogen and oxygen atoms in total. The number of aromatic nitrogens is 1. The zero-order valence-corrected chi connectivity index (χ0v) is 12.0. The van der Waals surface area contributed by atoms with Gasteiger partial charge in [-0.2, -0.15) is 0 Å². The number of hydrogen-bond donors (Lipinski definition) is 1. The normalized spacial score (nSPS) is 11.1. The van der Waals surface area contributed by atoms with Crippen LogP contribution in [-0.4, -0.2) is 4.98 Å². The number of fused-ring (bicyclic) bond motifs is 1. The van der Waals surface area contributed by atoms with Crippen molar-refractivity contribution >= 4 is 26.8 Å². The molecule has 90 valence electrons. The summed E-state index contributed by atoms with van der Waals surface area (Å²) in [5.41, 5.74) is 6.26. The smallest absolute Gasteiger partial charge is 0.0494 e. The molecule has 0 saturated heterocycles. The van der Waals surface area contributed by atoms with Crippen LogP contribution < -0.4 is 0 Å². The molecule has 1 N–H and O–H groups in total. The number of aryl methyl sites for hydroxylation is 2. The summed E-state index contributed by atoms with van der Waals surface area (Å²) in [5.74, 6) is 0. The van der Waals surface area contributed by atoms with Crippen LogP contribution in [0.15, 0.2) is 46.9 Å². The molecule has 2 heteroatoms. The summed E-state index contributed by atoms with van der Waals surface area (Å²) >= 11 is 3.47. The Morgan fingerprint density at radius 1 is 0.944 bits per heavy atom. The lowest BCUT2D eigenvalue weighted by Crippen LogP contribution is -1.79. The molecule has 0 radical (unpaired) electrons. The van der Waals surface area contributed by atoms with Crippen molar-refractivity contribution in [1.82, 2.24) is 4.98 Å². The van der Waals surface area contributed by atoms with Crippen LogP contribution in [0.25, 0.3) is 22.2 Å². The molecule has 0 fully saturated rings. The number of nitrogens with one attached hydrogen (secondary N) is 1. The monoisotopic (exact) mass is 299 g/mol. The van der Waals surface area contributed by atoms with Crippen LogP contribution in [0.4, 0.5) is 0 Å². The summed E-state index contributed by atoms with van der Waals surface area (Å²) in [6.45, 7) is 4.31. The summed E-state index contributed by atoms with van der Waals surface area (Å²) in [6.07, 6.45) is 0. The van der Waals surface area contributed by atoms with Crippen molar-refractivity contribution in [3.63, 3.8) is 0 Å². The highest BCUT2D eigenvalue weighted by Gasteiger charge is 2.09. The molecular formula is C16H14BrN. The number of aromatic amines is 1. The van der Waals surface area contributed by atoms with Gasteiger partial charge in [-0.15, -0.1) is 0 Å². The number of halogens is 1. The Labute approximate surface area is 115 Å². The molecule has 0 spiro atoms. The van der Waals surface area contributed by atoms with Crippen LogP contribution >= 0.6 is 15.9 Å². The van der Waals surface area contributed by atoms with Crippen molar-refractivity contribution in [2.75, 3.05) is 0 Å². The fourth-order valence-electron chi connectivity index (χ4n) is 2.35. The number of H-pyrrole nitrogens is 1. The van der Waals surface area contributed by atoms with Gasteiger partial charge in [-0.05, 0) is 49.2 Å². The Hall–Kier alpha value is -1.54. The molecule has 3 aromatic rings. The maximum Gasteiger partial charge on any atom is 0.0494 e. The molecular weight excluding hydrogens is 286 g/mol. The van der Waals surface area contributed by atoms with Gasteiger partial charge >= 0.3 is 0 Å². The van der Waals surface area contributed by atoms with E-state index in [4.69, 9.17) is 0 Å². The van der Waals surface area contributed by atoms with E-state index in [-0.39, 0.29) is 0 Å². The first-order valence-electron chi connectivity index (χ1n) is 6.00. The first kappa shape index (κ1) is 11.5.